The van der Waals surface area contributed by atoms with Crippen LogP contribution in [-0.2, 0) is 4.79 Å². The number of likely N-dealkylation sites (tertiary alicyclic amines) is 1. The fourth-order valence-electron chi connectivity index (χ4n) is 2.61. The number of carbonyl (C=O) groups is 1. The molecule has 0 aromatic carbocycles. The van der Waals surface area contributed by atoms with Crippen LogP contribution < -0.4 is 10.6 Å². The Kier molecular flexibility index (Phi) is 4.85. The van der Waals surface area contributed by atoms with Crippen molar-refractivity contribution in [1.82, 2.24) is 15.5 Å². The zero-order chi connectivity index (χ0) is 13.9. The summed E-state index contributed by atoms with van der Waals surface area (Å²) in [7, 11) is 0. The summed E-state index contributed by atoms with van der Waals surface area (Å²) in [6.07, 6.45) is 5.18. The van der Waals surface area contributed by atoms with E-state index in [1.54, 1.807) is 0 Å². The van der Waals surface area contributed by atoms with Gasteiger partial charge in [-0.25, -0.2) is 0 Å². The molecule has 1 saturated heterocycles. The normalized spacial score (nSPS) is 22.5. The lowest BCUT2D eigenvalue weighted by Gasteiger charge is -2.32. The summed E-state index contributed by atoms with van der Waals surface area (Å²) in [6, 6.07) is 0.669. The molecule has 0 aromatic rings. The molecule has 2 rings (SSSR count). The fraction of sp³-hybridized carbons (Fsp3) is 0.933. The summed E-state index contributed by atoms with van der Waals surface area (Å²) in [5.41, 5.74) is -0.124. The molecule has 0 radical (unpaired) electrons. The van der Waals surface area contributed by atoms with Gasteiger partial charge in [-0.3, -0.25) is 9.69 Å². The van der Waals surface area contributed by atoms with Crippen LogP contribution in [0.15, 0.2) is 0 Å². The number of rotatable bonds is 5. The zero-order valence-corrected chi connectivity index (χ0v) is 12.7. The number of amides is 1. The molecule has 1 saturated carbocycles. The van der Waals surface area contributed by atoms with Gasteiger partial charge in [-0.15, -0.1) is 0 Å². The number of piperidine rings is 1. The van der Waals surface area contributed by atoms with Gasteiger partial charge in [-0.2, -0.15) is 0 Å². The Morgan fingerprint density at radius 3 is 2.32 bits per heavy atom. The molecular weight excluding hydrogens is 238 g/mol. The predicted molar refractivity (Wildman–Crippen MR) is 78.1 cm³/mol. The highest BCUT2D eigenvalue weighted by Crippen LogP contribution is 2.28. The standard InChI is InChI=1S/C15H29N3O/c1-15(2,3)17-14(19)11-18-8-6-13(7-9-18)16-10-12-4-5-12/h12-13,16H,4-11H2,1-3H3,(H,17,19). The highest BCUT2D eigenvalue weighted by Gasteiger charge is 2.25. The van der Waals surface area contributed by atoms with Crippen molar-refractivity contribution in [3.63, 3.8) is 0 Å². The summed E-state index contributed by atoms with van der Waals surface area (Å²) >= 11 is 0. The summed E-state index contributed by atoms with van der Waals surface area (Å²) in [6.45, 7) is 9.92. The van der Waals surface area contributed by atoms with Crippen LogP contribution in [0.3, 0.4) is 0 Å². The van der Waals surface area contributed by atoms with Crippen LogP contribution in [0, 0.1) is 5.92 Å². The van der Waals surface area contributed by atoms with Crippen molar-refractivity contribution in [3.05, 3.63) is 0 Å². The Labute approximate surface area is 117 Å². The van der Waals surface area contributed by atoms with Crippen LogP contribution >= 0.6 is 0 Å². The minimum atomic E-state index is -0.124. The van der Waals surface area contributed by atoms with Gasteiger partial charge < -0.3 is 10.6 Å². The van der Waals surface area contributed by atoms with E-state index in [4.69, 9.17) is 0 Å². The van der Waals surface area contributed by atoms with Crippen molar-refractivity contribution in [1.29, 1.82) is 0 Å². The summed E-state index contributed by atoms with van der Waals surface area (Å²) in [5.74, 6) is 1.10. The molecule has 0 bridgehead atoms. The van der Waals surface area contributed by atoms with Gasteiger partial charge in [0.05, 0.1) is 6.54 Å². The predicted octanol–water partition coefficient (Wildman–Crippen LogP) is 1.37. The van der Waals surface area contributed by atoms with Crippen LogP contribution in [0.25, 0.3) is 0 Å². The van der Waals surface area contributed by atoms with Crippen LogP contribution in [0.1, 0.15) is 46.5 Å². The van der Waals surface area contributed by atoms with Crippen LogP contribution in [0.2, 0.25) is 0 Å². The first-order valence-electron chi connectivity index (χ1n) is 7.69. The Morgan fingerprint density at radius 1 is 1.16 bits per heavy atom. The third-order valence-corrected chi connectivity index (χ3v) is 3.86. The van der Waals surface area contributed by atoms with Crippen LogP contribution in [0.5, 0.6) is 0 Å². The number of hydrogen-bond acceptors (Lipinski definition) is 3. The first-order valence-corrected chi connectivity index (χ1v) is 7.69. The second-order valence-electron chi connectivity index (χ2n) is 7.20. The summed E-state index contributed by atoms with van der Waals surface area (Å²) in [4.78, 5) is 14.1. The van der Waals surface area contributed by atoms with Gasteiger partial charge in [0.2, 0.25) is 5.91 Å². The number of carbonyl (C=O) groups excluding carboxylic acids is 1. The molecule has 4 nitrogen and oxygen atoms in total. The number of nitrogens with zero attached hydrogens (tertiary/aromatic N) is 1. The third kappa shape index (κ3) is 5.91. The van der Waals surface area contributed by atoms with E-state index < -0.39 is 0 Å². The molecule has 4 heteroatoms. The second kappa shape index (κ2) is 6.23. The van der Waals surface area contributed by atoms with Crippen LogP contribution in [0.4, 0.5) is 0 Å². The van der Waals surface area contributed by atoms with Gasteiger partial charge in [0.1, 0.15) is 0 Å². The minimum Gasteiger partial charge on any atom is -0.350 e. The SMILES string of the molecule is CC(C)(C)NC(=O)CN1CCC(NCC2CC2)CC1. The summed E-state index contributed by atoms with van der Waals surface area (Å²) < 4.78 is 0. The Morgan fingerprint density at radius 2 is 1.79 bits per heavy atom. The van der Waals surface area contributed by atoms with Gasteiger partial charge in [0.25, 0.3) is 0 Å². The average molecular weight is 267 g/mol. The van der Waals surface area contributed by atoms with E-state index in [9.17, 15) is 4.79 Å². The molecule has 1 amide bonds. The highest BCUT2D eigenvalue weighted by atomic mass is 16.2. The van der Waals surface area contributed by atoms with Gasteiger partial charge in [-0.1, -0.05) is 0 Å². The topological polar surface area (TPSA) is 44.4 Å². The third-order valence-electron chi connectivity index (χ3n) is 3.86. The van der Waals surface area contributed by atoms with E-state index in [-0.39, 0.29) is 11.4 Å². The van der Waals surface area contributed by atoms with E-state index in [1.165, 1.54) is 32.2 Å². The van der Waals surface area contributed by atoms with Crippen molar-refractivity contribution in [3.8, 4) is 0 Å². The van der Waals surface area contributed by atoms with Gasteiger partial charge in [0, 0.05) is 24.7 Å². The molecule has 1 aliphatic carbocycles. The van der Waals surface area contributed by atoms with Crippen molar-refractivity contribution in [2.75, 3.05) is 26.2 Å². The Bertz CT molecular complexity index is 299. The molecule has 2 fully saturated rings. The van der Waals surface area contributed by atoms with Crippen molar-refractivity contribution in [2.45, 2.75) is 58.0 Å². The van der Waals surface area contributed by atoms with E-state index in [2.05, 4.69) is 15.5 Å². The van der Waals surface area contributed by atoms with Crippen molar-refractivity contribution in [2.24, 2.45) is 5.92 Å². The molecule has 19 heavy (non-hydrogen) atoms. The first-order chi connectivity index (χ1) is 8.92. The lowest BCUT2D eigenvalue weighted by Crippen LogP contribution is -2.49. The Hall–Kier alpha value is -0.610. The number of nitrogens with one attached hydrogen (secondary N) is 2. The minimum absolute atomic E-state index is 0.124. The smallest absolute Gasteiger partial charge is 0.234 e. The molecule has 2 N–H and O–H groups in total. The van der Waals surface area contributed by atoms with Crippen molar-refractivity contribution < 1.29 is 4.79 Å². The van der Waals surface area contributed by atoms with E-state index in [0.717, 1.165) is 19.0 Å². The molecule has 0 unspecified atom stereocenters. The maximum atomic E-state index is 11.9. The van der Waals surface area contributed by atoms with Gasteiger partial charge in [0.15, 0.2) is 0 Å². The molecule has 2 aliphatic rings. The maximum absolute atomic E-state index is 11.9. The van der Waals surface area contributed by atoms with Gasteiger partial charge >= 0.3 is 0 Å². The first kappa shape index (κ1) is 14.8. The molecule has 1 aliphatic heterocycles. The second-order valence-corrected chi connectivity index (χ2v) is 7.20. The van der Waals surface area contributed by atoms with Crippen LogP contribution in [-0.4, -0.2) is 48.6 Å². The molecular formula is C15H29N3O. The monoisotopic (exact) mass is 267 g/mol. The fourth-order valence-corrected chi connectivity index (χ4v) is 2.61. The summed E-state index contributed by atoms with van der Waals surface area (Å²) in [5, 5.41) is 6.70. The highest BCUT2D eigenvalue weighted by molar-refractivity contribution is 5.78. The molecule has 1 heterocycles. The Balaban J connectivity index is 1.61. The number of hydrogen-bond donors (Lipinski definition) is 2. The van der Waals surface area contributed by atoms with E-state index in [1.807, 2.05) is 20.8 Å². The van der Waals surface area contributed by atoms with Crippen molar-refractivity contribution >= 4 is 5.91 Å². The average Bonchev–Trinajstić information content (AvgIpc) is 3.09. The largest absolute Gasteiger partial charge is 0.350 e. The molecule has 0 aromatic heterocycles. The lowest BCUT2D eigenvalue weighted by atomic mass is 10.0. The van der Waals surface area contributed by atoms with E-state index in [0.29, 0.717) is 12.6 Å². The maximum Gasteiger partial charge on any atom is 0.234 e. The van der Waals surface area contributed by atoms with E-state index >= 15 is 0 Å². The molecule has 0 atom stereocenters. The molecule has 0 spiro atoms. The quantitative estimate of drug-likeness (QED) is 0.790. The zero-order valence-electron chi connectivity index (χ0n) is 12.7. The molecule has 110 valence electrons. The van der Waals surface area contributed by atoms with Gasteiger partial charge in [-0.05, 0) is 58.9 Å². The lowest BCUT2D eigenvalue weighted by molar-refractivity contribution is -0.123.